The largest absolute Gasteiger partial charge is 0.385 e. The molecule has 1 heterocycles. The predicted molar refractivity (Wildman–Crippen MR) is 65.4 cm³/mol. The molecular formula is C10H8Cl2FN3O3. The number of aromatic nitrogens is 2. The molecule has 0 aromatic carbocycles. The molecule has 1 aromatic heterocycles. The number of ketones is 1. The van der Waals surface area contributed by atoms with Gasteiger partial charge in [0, 0.05) is 24.8 Å². The normalized spacial score (nSPS) is 11.1. The molecule has 1 rings (SSSR count). The van der Waals surface area contributed by atoms with Gasteiger partial charge >= 0.3 is 5.97 Å². The van der Waals surface area contributed by atoms with Crippen molar-refractivity contribution >= 4 is 35.0 Å². The molecule has 0 saturated carbocycles. The van der Waals surface area contributed by atoms with Crippen molar-refractivity contribution in [2.75, 3.05) is 14.1 Å². The molecule has 0 radical (unpaired) electrons. The summed E-state index contributed by atoms with van der Waals surface area (Å²) in [6.07, 6.45) is 2.16. The third kappa shape index (κ3) is 3.87. The molecular weight excluding hydrogens is 300 g/mol. The van der Waals surface area contributed by atoms with E-state index in [-0.39, 0.29) is 16.0 Å². The fourth-order valence-electron chi connectivity index (χ4n) is 1.13. The van der Waals surface area contributed by atoms with Crippen LogP contribution < -0.4 is 0 Å². The molecule has 0 aliphatic heterocycles. The first kappa shape index (κ1) is 15.3. The highest BCUT2D eigenvalue weighted by Crippen LogP contribution is 2.18. The van der Waals surface area contributed by atoms with Crippen LogP contribution in [0.2, 0.25) is 10.3 Å². The smallest absolute Gasteiger partial charge is 0.383 e. The number of nitrogens with zero attached hydrogens (tertiary/aromatic N) is 3. The van der Waals surface area contributed by atoms with Gasteiger partial charge in [-0.3, -0.25) is 4.79 Å². The Morgan fingerprint density at radius 2 is 2.05 bits per heavy atom. The number of rotatable bonds is 4. The minimum atomic E-state index is -1.45. The van der Waals surface area contributed by atoms with Crippen LogP contribution in [0.3, 0.4) is 0 Å². The van der Waals surface area contributed by atoms with Crippen molar-refractivity contribution < 1.29 is 19.1 Å². The van der Waals surface area contributed by atoms with Crippen LogP contribution in [0.1, 0.15) is 10.5 Å². The van der Waals surface area contributed by atoms with Crippen molar-refractivity contribution in [1.82, 2.24) is 14.9 Å². The van der Waals surface area contributed by atoms with Crippen LogP contribution in [0, 0.1) is 0 Å². The van der Waals surface area contributed by atoms with E-state index >= 15 is 0 Å². The van der Waals surface area contributed by atoms with Gasteiger partial charge in [-0.15, -0.1) is 0 Å². The zero-order chi connectivity index (χ0) is 14.6. The van der Waals surface area contributed by atoms with Gasteiger partial charge in [0.25, 0.3) is 0 Å². The highest BCUT2D eigenvalue weighted by molar-refractivity contribution is 6.36. The standard InChI is InChI=1S/C10H8Cl2FN3O3/c1-16(2)4-5(10(18)19-13)8(17)7-9(12)15-6(11)3-14-7/h3-4H,1-2H3/b5-4-. The molecule has 0 fully saturated rings. The van der Waals surface area contributed by atoms with E-state index in [2.05, 4.69) is 14.9 Å². The maximum absolute atomic E-state index is 12.0. The number of hydrogen-bond acceptors (Lipinski definition) is 6. The van der Waals surface area contributed by atoms with Crippen LogP contribution in [0.5, 0.6) is 0 Å². The van der Waals surface area contributed by atoms with Gasteiger partial charge in [0.2, 0.25) is 5.78 Å². The van der Waals surface area contributed by atoms with Crippen LogP contribution in [0.25, 0.3) is 0 Å². The first-order valence-corrected chi connectivity index (χ1v) is 5.56. The number of hydrogen-bond donors (Lipinski definition) is 0. The van der Waals surface area contributed by atoms with Crippen LogP contribution in [-0.2, 0) is 9.74 Å². The Kier molecular flexibility index (Phi) is 5.20. The summed E-state index contributed by atoms with van der Waals surface area (Å²) in [5, 5.41) is -0.318. The van der Waals surface area contributed by atoms with Crippen molar-refractivity contribution in [3.05, 3.63) is 34.0 Å². The van der Waals surface area contributed by atoms with E-state index in [4.69, 9.17) is 23.2 Å². The minimum absolute atomic E-state index is 0.0206. The second-order valence-electron chi connectivity index (χ2n) is 3.53. The molecule has 0 amide bonds. The van der Waals surface area contributed by atoms with Crippen molar-refractivity contribution in [1.29, 1.82) is 0 Å². The number of carbonyl (C=O) groups is 2. The zero-order valence-electron chi connectivity index (χ0n) is 9.85. The summed E-state index contributed by atoms with van der Waals surface area (Å²) < 4.78 is 12.0. The molecule has 0 spiro atoms. The first-order chi connectivity index (χ1) is 8.86. The summed E-state index contributed by atoms with van der Waals surface area (Å²) >= 11 is 11.2. The van der Waals surface area contributed by atoms with Gasteiger partial charge in [0.15, 0.2) is 5.15 Å². The van der Waals surface area contributed by atoms with E-state index in [1.54, 1.807) is 0 Å². The predicted octanol–water partition coefficient (Wildman–Crippen LogP) is 1.84. The Hall–Kier alpha value is -1.73. The Labute approximate surface area is 117 Å². The van der Waals surface area contributed by atoms with Crippen molar-refractivity contribution in [3.63, 3.8) is 0 Å². The lowest BCUT2D eigenvalue weighted by molar-refractivity contribution is -0.177. The average molecular weight is 308 g/mol. The molecule has 9 heteroatoms. The van der Waals surface area contributed by atoms with E-state index < -0.39 is 17.3 Å². The Morgan fingerprint density at radius 3 is 2.53 bits per heavy atom. The summed E-state index contributed by atoms with van der Waals surface area (Å²) in [6.45, 7) is 0. The minimum Gasteiger partial charge on any atom is -0.383 e. The Balaban J connectivity index is 3.24. The third-order valence-electron chi connectivity index (χ3n) is 1.84. The number of carbonyl (C=O) groups excluding carboxylic acids is 2. The first-order valence-electron chi connectivity index (χ1n) is 4.80. The van der Waals surface area contributed by atoms with Gasteiger partial charge < -0.3 is 4.90 Å². The van der Waals surface area contributed by atoms with Crippen LogP contribution in [-0.4, -0.2) is 40.7 Å². The van der Waals surface area contributed by atoms with Gasteiger partial charge in [-0.1, -0.05) is 23.2 Å². The average Bonchev–Trinajstić information content (AvgIpc) is 2.34. The molecule has 0 aliphatic carbocycles. The molecule has 6 nitrogen and oxygen atoms in total. The summed E-state index contributed by atoms with van der Waals surface area (Å²) in [5.41, 5.74) is -0.907. The molecule has 102 valence electrons. The second-order valence-corrected chi connectivity index (χ2v) is 4.28. The zero-order valence-corrected chi connectivity index (χ0v) is 11.4. The van der Waals surface area contributed by atoms with Crippen LogP contribution >= 0.6 is 23.2 Å². The van der Waals surface area contributed by atoms with Gasteiger partial charge in [-0.25, -0.2) is 19.7 Å². The van der Waals surface area contributed by atoms with Crippen molar-refractivity contribution in [3.8, 4) is 0 Å². The maximum Gasteiger partial charge on any atom is 0.385 e. The Bertz CT molecular complexity index is 549. The molecule has 0 atom stereocenters. The fourth-order valence-corrected chi connectivity index (χ4v) is 1.53. The summed E-state index contributed by atoms with van der Waals surface area (Å²) in [7, 11) is 3.07. The number of Topliss-reactive ketones (excluding diaryl/α,β-unsaturated/α-hetero) is 1. The fraction of sp³-hybridized carbons (Fsp3) is 0.200. The maximum atomic E-state index is 12.0. The van der Waals surface area contributed by atoms with Gasteiger partial charge in [0.05, 0.1) is 6.20 Å². The second kappa shape index (κ2) is 6.44. The molecule has 0 N–H and O–H groups in total. The van der Waals surface area contributed by atoms with Gasteiger partial charge in [0.1, 0.15) is 16.4 Å². The van der Waals surface area contributed by atoms with Crippen molar-refractivity contribution in [2.24, 2.45) is 0 Å². The lowest BCUT2D eigenvalue weighted by Gasteiger charge is -2.08. The molecule has 0 bridgehead atoms. The molecule has 0 saturated heterocycles. The summed E-state index contributed by atoms with van der Waals surface area (Å²) in [6, 6.07) is 0. The highest BCUT2D eigenvalue weighted by atomic mass is 35.5. The quantitative estimate of drug-likeness (QED) is 0.366. The van der Waals surface area contributed by atoms with Crippen LogP contribution in [0.4, 0.5) is 4.53 Å². The molecule has 1 aromatic rings. The van der Waals surface area contributed by atoms with Crippen molar-refractivity contribution in [2.45, 2.75) is 0 Å². The topological polar surface area (TPSA) is 72.4 Å². The molecule has 19 heavy (non-hydrogen) atoms. The van der Waals surface area contributed by atoms with Crippen LogP contribution in [0.15, 0.2) is 18.0 Å². The SMILES string of the molecule is CN(C)/C=C(\C(=O)OF)C(=O)c1ncc(Cl)nc1Cl. The van der Waals surface area contributed by atoms with E-state index in [9.17, 15) is 14.1 Å². The molecule has 0 aliphatic rings. The monoisotopic (exact) mass is 307 g/mol. The van der Waals surface area contributed by atoms with Gasteiger partial charge in [-0.2, -0.15) is 0 Å². The lowest BCUT2D eigenvalue weighted by atomic mass is 10.1. The lowest BCUT2D eigenvalue weighted by Crippen LogP contribution is -2.19. The van der Waals surface area contributed by atoms with E-state index in [1.807, 2.05) is 0 Å². The van der Waals surface area contributed by atoms with E-state index in [1.165, 1.54) is 19.0 Å². The summed E-state index contributed by atoms with van der Waals surface area (Å²) in [4.78, 5) is 34.9. The Morgan fingerprint density at radius 1 is 1.42 bits per heavy atom. The number of halogens is 3. The third-order valence-corrected chi connectivity index (χ3v) is 2.28. The summed E-state index contributed by atoms with van der Waals surface area (Å²) in [5.74, 6) is -2.38. The van der Waals surface area contributed by atoms with E-state index in [0.29, 0.717) is 0 Å². The molecule has 0 unspecified atom stereocenters. The highest BCUT2D eigenvalue weighted by Gasteiger charge is 2.26. The van der Waals surface area contributed by atoms with Gasteiger partial charge in [-0.05, 0) is 0 Å². The van der Waals surface area contributed by atoms with E-state index in [0.717, 1.165) is 12.4 Å².